The van der Waals surface area contributed by atoms with Crippen molar-refractivity contribution >= 4 is 11.6 Å². The molecule has 0 atom stereocenters. The van der Waals surface area contributed by atoms with E-state index in [4.69, 9.17) is 9.47 Å². The predicted octanol–water partition coefficient (Wildman–Crippen LogP) is 2.23. The first-order valence-electron chi connectivity index (χ1n) is 5.95. The van der Waals surface area contributed by atoms with E-state index in [0.29, 0.717) is 18.2 Å². The lowest BCUT2D eigenvalue weighted by Crippen LogP contribution is -2.38. The van der Waals surface area contributed by atoms with E-state index in [0.717, 1.165) is 6.42 Å². The lowest BCUT2D eigenvalue weighted by atomic mass is 10.1. The third-order valence-electron chi connectivity index (χ3n) is 2.51. The first-order valence-corrected chi connectivity index (χ1v) is 5.95. The van der Waals surface area contributed by atoms with Gasteiger partial charge in [-0.1, -0.05) is 6.92 Å². The monoisotopic (exact) mass is 252 g/mol. The van der Waals surface area contributed by atoms with Gasteiger partial charge in [0.05, 0.1) is 18.5 Å². The molecular formula is C13H20N2O3. The number of carbonyl (C=O) groups excluding carboxylic acids is 1. The molecule has 0 aromatic carbocycles. The van der Waals surface area contributed by atoms with E-state index in [2.05, 4.69) is 10.3 Å². The van der Waals surface area contributed by atoms with Gasteiger partial charge in [-0.2, -0.15) is 0 Å². The number of rotatable bonds is 6. The average Bonchev–Trinajstić information content (AvgIpc) is 2.37. The molecule has 0 aliphatic rings. The summed E-state index contributed by atoms with van der Waals surface area (Å²) < 4.78 is 10.4. The molecule has 18 heavy (non-hydrogen) atoms. The Balaban J connectivity index is 2.61. The van der Waals surface area contributed by atoms with E-state index in [1.54, 1.807) is 32.2 Å². The largest absolute Gasteiger partial charge is 0.478 e. The van der Waals surface area contributed by atoms with Crippen molar-refractivity contribution in [1.82, 2.24) is 4.98 Å². The SMILES string of the molecule is CCCOc1ccc(NC(=O)C(C)(C)OC)cn1. The standard InChI is InChI=1S/C13H20N2O3/c1-5-8-18-11-7-6-10(9-14-11)15-12(16)13(2,3)17-4/h6-7,9H,5,8H2,1-4H3,(H,15,16). The molecule has 0 bridgehead atoms. The number of hydrogen-bond acceptors (Lipinski definition) is 4. The van der Waals surface area contributed by atoms with Crippen molar-refractivity contribution in [1.29, 1.82) is 0 Å². The molecule has 0 radical (unpaired) electrons. The van der Waals surface area contributed by atoms with Crippen LogP contribution in [0.15, 0.2) is 18.3 Å². The Labute approximate surface area is 108 Å². The number of anilines is 1. The maximum atomic E-state index is 11.8. The number of aromatic nitrogens is 1. The van der Waals surface area contributed by atoms with Crippen molar-refractivity contribution < 1.29 is 14.3 Å². The van der Waals surface area contributed by atoms with Crippen LogP contribution in [-0.2, 0) is 9.53 Å². The van der Waals surface area contributed by atoms with Gasteiger partial charge in [0.2, 0.25) is 5.88 Å². The van der Waals surface area contributed by atoms with E-state index < -0.39 is 5.60 Å². The van der Waals surface area contributed by atoms with Gasteiger partial charge in [0.1, 0.15) is 5.60 Å². The number of nitrogens with zero attached hydrogens (tertiary/aromatic N) is 1. The molecule has 1 aromatic rings. The Morgan fingerprint density at radius 2 is 2.17 bits per heavy atom. The summed E-state index contributed by atoms with van der Waals surface area (Å²) in [4.78, 5) is 15.9. The van der Waals surface area contributed by atoms with Crippen molar-refractivity contribution in [2.75, 3.05) is 19.0 Å². The fourth-order valence-electron chi connectivity index (χ4n) is 1.12. The minimum absolute atomic E-state index is 0.214. The minimum atomic E-state index is -0.864. The molecule has 1 amide bonds. The van der Waals surface area contributed by atoms with E-state index in [1.807, 2.05) is 6.92 Å². The number of ether oxygens (including phenoxy) is 2. The van der Waals surface area contributed by atoms with E-state index in [1.165, 1.54) is 7.11 Å². The van der Waals surface area contributed by atoms with Crippen molar-refractivity contribution in [3.63, 3.8) is 0 Å². The molecule has 1 heterocycles. The molecule has 0 spiro atoms. The van der Waals surface area contributed by atoms with Crippen molar-refractivity contribution in [3.05, 3.63) is 18.3 Å². The van der Waals surface area contributed by atoms with Gasteiger partial charge in [-0.3, -0.25) is 4.79 Å². The Morgan fingerprint density at radius 3 is 2.67 bits per heavy atom. The molecule has 0 unspecified atom stereocenters. The summed E-state index contributed by atoms with van der Waals surface area (Å²) >= 11 is 0. The van der Waals surface area contributed by atoms with Gasteiger partial charge >= 0.3 is 0 Å². The summed E-state index contributed by atoms with van der Waals surface area (Å²) in [6.45, 7) is 6.07. The van der Waals surface area contributed by atoms with Gasteiger partial charge in [0, 0.05) is 13.2 Å². The van der Waals surface area contributed by atoms with Gasteiger partial charge in [0.25, 0.3) is 5.91 Å². The Kier molecular flexibility index (Phi) is 5.09. The lowest BCUT2D eigenvalue weighted by molar-refractivity contribution is -0.133. The number of carbonyl (C=O) groups is 1. The molecule has 0 saturated carbocycles. The summed E-state index contributed by atoms with van der Waals surface area (Å²) in [5, 5.41) is 2.73. The quantitative estimate of drug-likeness (QED) is 0.843. The second-order valence-corrected chi connectivity index (χ2v) is 4.40. The zero-order valence-electron chi connectivity index (χ0n) is 11.3. The van der Waals surface area contributed by atoms with Crippen LogP contribution in [0.5, 0.6) is 5.88 Å². The highest BCUT2D eigenvalue weighted by molar-refractivity contribution is 5.96. The Morgan fingerprint density at radius 1 is 1.44 bits per heavy atom. The molecule has 5 nitrogen and oxygen atoms in total. The van der Waals surface area contributed by atoms with Crippen LogP contribution in [-0.4, -0.2) is 30.2 Å². The van der Waals surface area contributed by atoms with Gasteiger partial charge < -0.3 is 14.8 Å². The number of amides is 1. The number of hydrogen-bond donors (Lipinski definition) is 1. The zero-order valence-corrected chi connectivity index (χ0v) is 11.3. The van der Waals surface area contributed by atoms with Crippen LogP contribution < -0.4 is 10.1 Å². The highest BCUT2D eigenvalue weighted by atomic mass is 16.5. The first kappa shape index (κ1) is 14.4. The predicted molar refractivity (Wildman–Crippen MR) is 69.7 cm³/mol. The number of methoxy groups -OCH3 is 1. The smallest absolute Gasteiger partial charge is 0.256 e. The van der Waals surface area contributed by atoms with E-state index in [9.17, 15) is 4.79 Å². The van der Waals surface area contributed by atoms with Gasteiger partial charge in [0.15, 0.2) is 0 Å². The summed E-state index contributed by atoms with van der Waals surface area (Å²) in [6.07, 6.45) is 2.50. The third kappa shape index (κ3) is 4.00. The van der Waals surface area contributed by atoms with Crippen LogP contribution in [0.2, 0.25) is 0 Å². The lowest BCUT2D eigenvalue weighted by Gasteiger charge is -2.21. The first-order chi connectivity index (χ1) is 8.49. The molecule has 5 heteroatoms. The highest BCUT2D eigenvalue weighted by Crippen LogP contribution is 2.15. The highest BCUT2D eigenvalue weighted by Gasteiger charge is 2.26. The molecule has 100 valence electrons. The van der Waals surface area contributed by atoms with Gasteiger partial charge in [-0.05, 0) is 26.3 Å². The zero-order chi connectivity index (χ0) is 13.6. The van der Waals surface area contributed by atoms with Crippen molar-refractivity contribution in [2.24, 2.45) is 0 Å². The molecular weight excluding hydrogens is 232 g/mol. The van der Waals surface area contributed by atoms with Crippen LogP contribution in [0, 0.1) is 0 Å². The molecule has 0 aliphatic carbocycles. The van der Waals surface area contributed by atoms with Crippen LogP contribution in [0.1, 0.15) is 27.2 Å². The minimum Gasteiger partial charge on any atom is -0.478 e. The Hall–Kier alpha value is -1.62. The maximum absolute atomic E-state index is 11.8. The fourth-order valence-corrected chi connectivity index (χ4v) is 1.12. The van der Waals surface area contributed by atoms with Crippen LogP contribution in [0.3, 0.4) is 0 Å². The molecule has 0 aliphatic heterocycles. The van der Waals surface area contributed by atoms with Gasteiger partial charge in [-0.15, -0.1) is 0 Å². The van der Waals surface area contributed by atoms with E-state index in [-0.39, 0.29) is 5.91 Å². The molecule has 1 aromatic heterocycles. The summed E-state index contributed by atoms with van der Waals surface area (Å²) in [5.41, 5.74) is -0.244. The van der Waals surface area contributed by atoms with Crippen LogP contribution in [0.25, 0.3) is 0 Å². The average molecular weight is 252 g/mol. The molecule has 1 N–H and O–H groups in total. The Bertz CT molecular complexity index is 388. The van der Waals surface area contributed by atoms with Gasteiger partial charge in [-0.25, -0.2) is 4.98 Å². The summed E-state index contributed by atoms with van der Waals surface area (Å²) in [5.74, 6) is 0.342. The summed E-state index contributed by atoms with van der Waals surface area (Å²) in [6, 6.07) is 3.48. The van der Waals surface area contributed by atoms with Crippen molar-refractivity contribution in [3.8, 4) is 5.88 Å². The second-order valence-electron chi connectivity index (χ2n) is 4.40. The third-order valence-corrected chi connectivity index (χ3v) is 2.51. The number of nitrogens with one attached hydrogen (secondary N) is 1. The van der Waals surface area contributed by atoms with Crippen molar-refractivity contribution in [2.45, 2.75) is 32.8 Å². The second kappa shape index (κ2) is 6.35. The fraction of sp³-hybridized carbons (Fsp3) is 0.538. The topological polar surface area (TPSA) is 60.5 Å². The number of pyridine rings is 1. The normalized spacial score (nSPS) is 11.1. The van der Waals surface area contributed by atoms with Crippen LogP contribution >= 0.6 is 0 Å². The molecule has 0 fully saturated rings. The summed E-state index contributed by atoms with van der Waals surface area (Å²) in [7, 11) is 1.50. The van der Waals surface area contributed by atoms with E-state index >= 15 is 0 Å². The molecule has 1 rings (SSSR count). The van der Waals surface area contributed by atoms with Crippen LogP contribution in [0.4, 0.5) is 5.69 Å². The maximum Gasteiger partial charge on any atom is 0.256 e. The molecule has 0 saturated heterocycles.